The van der Waals surface area contributed by atoms with E-state index in [1.807, 2.05) is 18.2 Å². The first kappa shape index (κ1) is 15.1. The van der Waals surface area contributed by atoms with Gasteiger partial charge in [-0.15, -0.1) is 0 Å². The molecule has 24 heavy (non-hydrogen) atoms. The number of fused-ring (bicyclic) bond motifs is 1. The smallest absolute Gasteiger partial charge is 0.245 e. The molecule has 0 amide bonds. The normalized spacial score (nSPS) is 17.3. The van der Waals surface area contributed by atoms with E-state index in [2.05, 4.69) is 37.0 Å². The maximum Gasteiger partial charge on any atom is 0.245 e. The molecular formula is C21H22N2O. The van der Waals surface area contributed by atoms with Crippen LogP contribution in [0.4, 0.5) is 0 Å². The van der Waals surface area contributed by atoms with E-state index >= 15 is 0 Å². The standard InChI is InChI=1S/C21H22N2O/c1-14-10-15(2)12-17(11-14)16-6-5-8-18-20(13-16)24-21(23-18)19-7-3-4-9-22-19/h3-4,7,9-12,16H,5-6,8,13H2,1-2H3. The number of pyridine rings is 1. The fourth-order valence-corrected chi connectivity index (χ4v) is 3.71. The van der Waals surface area contributed by atoms with Gasteiger partial charge in [0.2, 0.25) is 5.89 Å². The van der Waals surface area contributed by atoms with Crippen molar-refractivity contribution in [3.63, 3.8) is 0 Å². The predicted molar refractivity (Wildman–Crippen MR) is 95.0 cm³/mol. The van der Waals surface area contributed by atoms with Gasteiger partial charge in [-0.1, -0.05) is 35.4 Å². The van der Waals surface area contributed by atoms with Gasteiger partial charge in [0.15, 0.2) is 0 Å². The Kier molecular flexibility index (Phi) is 3.93. The monoisotopic (exact) mass is 318 g/mol. The van der Waals surface area contributed by atoms with Crippen LogP contribution in [0.25, 0.3) is 11.6 Å². The van der Waals surface area contributed by atoms with Gasteiger partial charge >= 0.3 is 0 Å². The van der Waals surface area contributed by atoms with Crippen LogP contribution in [-0.4, -0.2) is 9.97 Å². The maximum atomic E-state index is 6.11. The molecule has 0 saturated carbocycles. The van der Waals surface area contributed by atoms with Crippen LogP contribution >= 0.6 is 0 Å². The van der Waals surface area contributed by atoms with E-state index in [1.165, 1.54) is 23.1 Å². The van der Waals surface area contributed by atoms with Crippen molar-refractivity contribution in [2.75, 3.05) is 0 Å². The maximum absolute atomic E-state index is 6.11. The van der Waals surface area contributed by atoms with Crippen LogP contribution in [0.1, 0.15) is 46.9 Å². The Hall–Kier alpha value is -2.42. The first-order valence-corrected chi connectivity index (χ1v) is 8.67. The minimum absolute atomic E-state index is 0.509. The molecule has 4 rings (SSSR count). The molecular weight excluding hydrogens is 296 g/mol. The van der Waals surface area contributed by atoms with E-state index in [1.54, 1.807) is 6.20 Å². The summed E-state index contributed by atoms with van der Waals surface area (Å²) in [6.45, 7) is 4.35. The van der Waals surface area contributed by atoms with Gasteiger partial charge < -0.3 is 4.42 Å². The molecule has 0 aliphatic heterocycles. The van der Waals surface area contributed by atoms with Gasteiger partial charge in [-0.05, 0) is 56.7 Å². The molecule has 3 nitrogen and oxygen atoms in total. The largest absolute Gasteiger partial charge is 0.440 e. The number of aryl methyl sites for hydroxylation is 3. The van der Waals surface area contributed by atoms with Crippen molar-refractivity contribution in [3.8, 4) is 11.6 Å². The van der Waals surface area contributed by atoms with Crippen LogP contribution in [-0.2, 0) is 12.8 Å². The van der Waals surface area contributed by atoms with Crippen molar-refractivity contribution in [1.82, 2.24) is 9.97 Å². The van der Waals surface area contributed by atoms with Crippen LogP contribution < -0.4 is 0 Å². The highest BCUT2D eigenvalue weighted by Crippen LogP contribution is 2.34. The fourth-order valence-electron chi connectivity index (χ4n) is 3.71. The lowest BCUT2D eigenvalue weighted by Crippen LogP contribution is -2.02. The van der Waals surface area contributed by atoms with Crippen molar-refractivity contribution in [1.29, 1.82) is 0 Å². The minimum atomic E-state index is 0.509. The van der Waals surface area contributed by atoms with Crippen LogP contribution in [0.2, 0.25) is 0 Å². The summed E-state index contributed by atoms with van der Waals surface area (Å²) < 4.78 is 6.11. The summed E-state index contributed by atoms with van der Waals surface area (Å²) in [6, 6.07) is 12.7. The van der Waals surface area contributed by atoms with Crippen LogP contribution in [0, 0.1) is 13.8 Å². The third-order valence-electron chi connectivity index (χ3n) is 4.78. The topological polar surface area (TPSA) is 38.9 Å². The molecule has 2 aromatic heterocycles. The lowest BCUT2D eigenvalue weighted by molar-refractivity contribution is 0.486. The third kappa shape index (κ3) is 2.99. The van der Waals surface area contributed by atoms with Crippen LogP contribution in [0.15, 0.2) is 47.0 Å². The number of hydrogen-bond donors (Lipinski definition) is 0. The lowest BCUT2D eigenvalue weighted by atomic mass is 9.90. The number of nitrogens with zero attached hydrogens (tertiary/aromatic N) is 2. The third-order valence-corrected chi connectivity index (χ3v) is 4.78. The summed E-state index contributed by atoms with van der Waals surface area (Å²) in [5.74, 6) is 2.20. The molecule has 1 aliphatic carbocycles. The molecule has 0 fully saturated rings. The molecule has 122 valence electrons. The average molecular weight is 318 g/mol. The molecule has 0 bridgehead atoms. The highest BCUT2D eigenvalue weighted by atomic mass is 16.4. The first-order chi connectivity index (χ1) is 11.7. The van der Waals surface area contributed by atoms with E-state index in [-0.39, 0.29) is 0 Å². The molecule has 0 saturated heterocycles. The fraction of sp³-hybridized carbons (Fsp3) is 0.333. The molecule has 1 atom stereocenters. The number of aromatic nitrogens is 2. The molecule has 1 aliphatic rings. The van der Waals surface area contributed by atoms with Gasteiger partial charge in [0.25, 0.3) is 0 Å². The van der Waals surface area contributed by atoms with Gasteiger partial charge in [0.05, 0.1) is 5.69 Å². The molecule has 1 unspecified atom stereocenters. The SMILES string of the molecule is Cc1cc(C)cc(C2CCCc3nc(-c4ccccn4)oc3C2)c1. The lowest BCUT2D eigenvalue weighted by Gasteiger charge is -2.15. The van der Waals surface area contributed by atoms with Gasteiger partial charge in [0, 0.05) is 12.6 Å². The zero-order valence-electron chi connectivity index (χ0n) is 14.2. The summed E-state index contributed by atoms with van der Waals surface area (Å²) in [4.78, 5) is 9.08. The van der Waals surface area contributed by atoms with Crippen molar-refractivity contribution in [2.45, 2.75) is 45.4 Å². The molecule has 0 spiro atoms. The number of rotatable bonds is 2. The second-order valence-electron chi connectivity index (χ2n) is 6.82. The van der Waals surface area contributed by atoms with Crippen molar-refractivity contribution >= 4 is 0 Å². The number of hydrogen-bond acceptors (Lipinski definition) is 3. The molecule has 0 radical (unpaired) electrons. The minimum Gasteiger partial charge on any atom is -0.440 e. The Morgan fingerprint density at radius 1 is 1.08 bits per heavy atom. The Morgan fingerprint density at radius 3 is 2.67 bits per heavy atom. The van der Waals surface area contributed by atoms with E-state index < -0.39 is 0 Å². The van der Waals surface area contributed by atoms with Crippen LogP contribution in [0.5, 0.6) is 0 Å². The van der Waals surface area contributed by atoms with E-state index in [4.69, 9.17) is 9.40 Å². The van der Waals surface area contributed by atoms with Gasteiger partial charge in [0.1, 0.15) is 11.5 Å². The Labute approximate surface area is 142 Å². The molecule has 2 heterocycles. The van der Waals surface area contributed by atoms with Crippen LogP contribution in [0.3, 0.4) is 0 Å². The average Bonchev–Trinajstić information content (AvgIpc) is 2.86. The van der Waals surface area contributed by atoms with Crippen molar-refractivity contribution in [3.05, 3.63) is 70.7 Å². The first-order valence-electron chi connectivity index (χ1n) is 8.67. The quantitative estimate of drug-likeness (QED) is 0.623. The highest BCUT2D eigenvalue weighted by Gasteiger charge is 2.24. The second kappa shape index (κ2) is 6.23. The summed E-state index contributed by atoms with van der Waals surface area (Å²) in [6.07, 6.45) is 6.04. The molecule has 3 heteroatoms. The summed E-state index contributed by atoms with van der Waals surface area (Å²) in [5.41, 5.74) is 6.02. The van der Waals surface area contributed by atoms with Gasteiger partial charge in [-0.25, -0.2) is 4.98 Å². The summed E-state index contributed by atoms with van der Waals surface area (Å²) in [5, 5.41) is 0. The summed E-state index contributed by atoms with van der Waals surface area (Å²) >= 11 is 0. The zero-order valence-corrected chi connectivity index (χ0v) is 14.2. The Balaban J connectivity index is 1.66. The Morgan fingerprint density at radius 2 is 1.92 bits per heavy atom. The van der Waals surface area contributed by atoms with E-state index in [9.17, 15) is 0 Å². The van der Waals surface area contributed by atoms with Crippen molar-refractivity contribution < 1.29 is 4.42 Å². The molecule has 1 aromatic carbocycles. The Bertz CT molecular complexity index is 831. The van der Waals surface area contributed by atoms with Gasteiger partial charge in [-0.3, -0.25) is 4.98 Å². The number of oxazole rings is 1. The van der Waals surface area contributed by atoms with E-state index in [0.29, 0.717) is 11.8 Å². The second-order valence-corrected chi connectivity index (χ2v) is 6.82. The van der Waals surface area contributed by atoms with Gasteiger partial charge in [-0.2, -0.15) is 0 Å². The summed E-state index contributed by atoms with van der Waals surface area (Å²) in [7, 11) is 0. The molecule has 0 N–H and O–H groups in total. The molecule has 3 aromatic rings. The number of benzene rings is 1. The zero-order chi connectivity index (χ0) is 16.5. The van der Waals surface area contributed by atoms with Crippen molar-refractivity contribution in [2.24, 2.45) is 0 Å². The van der Waals surface area contributed by atoms with E-state index in [0.717, 1.165) is 36.4 Å². The predicted octanol–water partition coefficient (Wildman–Crippen LogP) is 5.02. The highest BCUT2D eigenvalue weighted by molar-refractivity contribution is 5.47.